The Balaban J connectivity index is 1.47. The van der Waals surface area contributed by atoms with E-state index in [1.807, 2.05) is 43.5 Å². The van der Waals surface area contributed by atoms with Crippen molar-refractivity contribution in [2.45, 2.75) is 31.7 Å². The topological polar surface area (TPSA) is 47.4 Å². The minimum Gasteiger partial charge on any atom is -0.489 e. The van der Waals surface area contributed by atoms with E-state index in [0.29, 0.717) is 17.2 Å². The van der Waals surface area contributed by atoms with E-state index in [4.69, 9.17) is 16.3 Å². The van der Waals surface area contributed by atoms with Crippen molar-refractivity contribution >= 4 is 17.5 Å². The number of ether oxygens (including phenoxy) is 1. The molecule has 3 heterocycles. The first-order valence-corrected chi connectivity index (χ1v) is 10.4. The van der Waals surface area contributed by atoms with E-state index in [2.05, 4.69) is 5.10 Å². The summed E-state index contributed by atoms with van der Waals surface area (Å²) in [6, 6.07) is 10.9. The molecule has 31 heavy (non-hydrogen) atoms. The monoisotopic (exact) mass is 443 g/mol. The average Bonchev–Trinajstić information content (AvgIpc) is 3.36. The second kappa shape index (κ2) is 7.34. The lowest BCUT2D eigenvalue weighted by Crippen LogP contribution is -2.37. The number of carbonyl (C=O) groups excluding carboxylic acids is 1. The first-order chi connectivity index (χ1) is 14.8. The number of nitrogens with zero attached hydrogens (tertiary/aromatic N) is 3. The highest BCUT2D eigenvalue weighted by atomic mass is 35.5. The van der Waals surface area contributed by atoms with E-state index in [-0.39, 0.29) is 12.2 Å². The van der Waals surface area contributed by atoms with Gasteiger partial charge in [-0.25, -0.2) is 13.5 Å². The van der Waals surface area contributed by atoms with Gasteiger partial charge in [0.15, 0.2) is 5.75 Å². The Morgan fingerprint density at radius 1 is 1.29 bits per heavy atom. The molecule has 2 aliphatic heterocycles. The summed E-state index contributed by atoms with van der Waals surface area (Å²) in [4.78, 5) is 14.3. The molecule has 1 atom stereocenters. The highest BCUT2D eigenvalue weighted by Gasteiger charge is 2.49. The predicted octanol–water partition coefficient (Wildman–Crippen LogP) is 4.67. The lowest BCUT2D eigenvalue weighted by atomic mass is 9.96. The largest absolute Gasteiger partial charge is 0.489 e. The quantitative estimate of drug-likeness (QED) is 0.591. The van der Waals surface area contributed by atoms with Gasteiger partial charge in [0, 0.05) is 18.8 Å². The minimum atomic E-state index is -2.89. The van der Waals surface area contributed by atoms with Crippen LogP contribution in [0.15, 0.2) is 48.8 Å². The zero-order valence-electron chi connectivity index (χ0n) is 16.8. The lowest BCUT2D eigenvalue weighted by Gasteiger charge is -2.20. The van der Waals surface area contributed by atoms with E-state index < -0.39 is 30.8 Å². The van der Waals surface area contributed by atoms with E-state index in [9.17, 15) is 13.6 Å². The maximum absolute atomic E-state index is 13.9. The van der Waals surface area contributed by atoms with Gasteiger partial charge >= 0.3 is 0 Å². The molecule has 1 fully saturated rings. The number of hydrogen-bond acceptors (Lipinski definition) is 3. The second-order valence-electron chi connectivity index (χ2n) is 8.10. The molecule has 1 amide bonds. The molecule has 0 bridgehead atoms. The van der Waals surface area contributed by atoms with Crippen molar-refractivity contribution in [2.24, 2.45) is 0 Å². The summed E-state index contributed by atoms with van der Waals surface area (Å²) in [6.45, 7) is 1.31. The smallest absolute Gasteiger partial charge is 0.267 e. The fraction of sp³-hybridized carbons (Fsp3) is 0.304. The van der Waals surface area contributed by atoms with Gasteiger partial charge in [-0.05, 0) is 54.3 Å². The van der Waals surface area contributed by atoms with Gasteiger partial charge < -0.3 is 9.64 Å². The van der Waals surface area contributed by atoms with Crippen molar-refractivity contribution < 1.29 is 18.3 Å². The van der Waals surface area contributed by atoms with Crippen LogP contribution in [-0.4, -0.2) is 45.7 Å². The van der Waals surface area contributed by atoms with Crippen molar-refractivity contribution in [1.29, 1.82) is 0 Å². The number of benzene rings is 2. The zero-order chi connectivity index (χ0) is 21.8. The highest BCUT2D eigenvalue weighted by molar-refractivity contribution is 6.33. The van der Waals surface area contributed by atoms with Crippen LogP contribution < -0.4 is 4.74 Å². The summed E-state index contributed by atoms with van der Waals surface area (Å²) >= 11 is 6.57. The van der Waals surface area contributed by atoms with Crippen molar-refractivity contribution in [3.63, 3.8) is 0 Å². The summed E-state index contributed by atoms with van der Waals surface area (Å²) in [7, 11) is 0. The zero-order valence-corrected chi connectivity index (χ0v) is 17.6. The molecule has 5 nitrogen and oxygen atoms in total. The van der Waals surface area contributed by atoms with Crippen molar-refractivity contribution in [1.82, 2.24) is 14.7 Å². The summed E-state index contributed by atoms with van der Waals surface area (Å²) in [5.74, 6) is -3.05. The van der Waals surface area contributed by atoms with Crippen molar-refractivity contribution in [3.8, 4) is 11.4 Å². The van der Waals surface area contributed by atoms with Gasteiger partial charge in [0.25, 0.3) is 11.8 Å². The maximum atomic E-state index is 13.9. The minimum absolute atomic E-state index is 0.0156. The standard InChI is InChI=1S/C23H20ClF2N3O2/c1-14-16(9-15-3-5-17(6-4-15)29-8-2-7-27-29)10-19-21(20(14)24)31-12-18-11-23(25,26)13-28(18)22(19)30/h2-8,10,18H,9,11-13H2,1H3/t18-/m1/s1. The van der Waals surface area contributed by atoms with Crippen LogP contribution >= 0.6 is 11.6 Å². The molecule has 0 aliphatic carbocycles. The number of rotatable bonds is 3. The molecule has 0 N–H and O–H groups in total. The highest BCUT2D eigenvalue weighted by Crippen LogP contribution is 2.41. The van der Waals surface area contributed by atoms with Gasteiger partial charge in [0.2, 0.25) is 0 Å². The Bertz CT molecular complexity index is 1150. The summed E-state index contributed by atoms with van der Waals surface area (Å²) in [5.41, 5.74) is 3.89. The summed E-state index contributed by atoms with van der Waals surface area (Å²) < 4.78 is 35.3. The molecular formula is C23H20ClF2N3O2. The van der Waals surface area contributed by atoms with Crippen LogP contribution in [0.4, 0.5) is 8.78 Å². The molecule has 0 unspecified atom stereocenters. The molecule has 0 spiro atoms. The average molecular weight is 444 g/mol. The second-order valence-corrected chi connectivity index (χ2v) is 8.48. The van der Waals surface area contributed by atoms with Gasteiger partial charge in [-0.1, -0.05) is 23.7 Å². The molecule has 160 valence electrons. The van der Waals surface area contributed by atoms with E-state index in [1.165, 1.54) is 4.90 Å². The number of aromatic nitrogens is 2. The predicted molar refractivity (Wildman–Crippen MR) is 112 cm³/mol. The fourth-order valence-electron chi connectivity index (χ4n) is 4.29. The van der Waals surface area contributed by atoms with Crippen LogP contribution in [0.5, 0.6) is 5.75 Å². The van der Waals surface area contributed by atoms with Crippen LogP contribution in [0.3, 0.4) is 0 Å². The third-order valence-electron chi connectivity index (χ3n) is 5.96. The van der Waals surface area contributed by atoms with Crippen LogP contribution in [0.25, 0.3) is 5.69 Å². The third-order valence-corrected chi connectivity index (χ3v) is 6.42. The molecule has 0 saturated carbocycles. The van der Waals surface area contributed by atoms with E-state index in [1.54, 1.807) is 16.9 Å². The molecule has 1 saturated heterocycles. The number of amides is 1. The molecule has 1 aromatic heterocycles. The number of alkyl halides is 2. The summed E-state index contributed by atoms with van der Waals surface area (Å²) in [5, 5.41) is 4.58. The molecule has 2 aliphatic rings. The molecule has 8 heteroatoms. The Morgan fingerprint density at radius 3 is 2.77 bits per heavy atom. The SMILES string of the molecule is Cc1c(Cc2ccc(-n3cccn3)cc2)cc2c(c1Cl)OC[C@H]1CC(F)(F)CN1C2=O. The molecular weight excluding hydrogens is 424 g/mol. The van der Waals surface area contributed by atoms with Crippen LogP contribution in [0.1, 0.15) is 33.5 Å². The molecule has 3 aromatic rings. The first kappa shape index (κ1) is 20.0. The third kappa shape index (κ3) is 3.57. The van der Waals surface area contributed by atoms with Gasteiger partial charge in [-0.3, -0.25) is 4.79 Å². The van der Waals surface area contributed by atoms with E-state index >= 15 is 0 Å². The van der Waals surface area contributed by atoms with Crippen molar-refractivity contribution in [2.75, 3.05) is 13.2 Å². The molecule has 0 radical (unpaired) electrons. The Kier molecular flexibility index (Phi) is 4.73. The van der Waals surface area contributed by atoms with Crippen molar-refractivity contribution in [3.05, 3.63) is 76.1 Å². The number of carbonyl (C=O) groups is 1. The number of fused-ring (bicyclic) bond motifs is 2. The van der Waals surface area contributed by atoms with Crippen LogP contribution in [0, 0.1) is 6.92 Å². The number of halogens is 3. The van der Waals surface area contributed by atoms with Crippen LogP contribution in [0.2, 0.25) is 5.02 Å². The Labute approximate surface area is 183 Å². The normalized spacial score (nSPS) is 19.5. The van der Waals surface area contributed by atoms with Crippen LogP contribution in [-0.2, 0) is 6.42 Å². The Hall–Kier alpha value is -2.93. The van der Waals surface area contributed by atoms with E-state index in [0.717, 1.165) is 22.4 Å². The Morgan fingerprint density at radius 2 is 2.06 bits per heavy atom. The fourth-order valence-corrected chi connectivity index (χ4v) is 4.57. The van der Waals surface area contributed by atoms with Gasteiger partial charge in [0.05, 0.1) is 28.9 Å². The summed E-state index contributed by atoms with van der Waals surface area (Å²) in [6.07, 6.45) is 3.74. The lowest BCUT2D eigenvalue weighted by molar-refractivity contribution is 0.0113. The molecule has 5 rings (SSSR count). The van der Waals surface area contributed by atoms with Gasteiger partial charge in [-0.2, -0.15) is 5.10 Å². The first-order valence-electron chi connectivity index (χ1n) is 10.0. The van der Waals surface area contributed by atoms with Gasteiger partial charge in [0.1, 0.15) is 6.61 Å². The molecule has 2 aromatic carbocycles. The number of hydrogen-bond donors (Lipinski definition) is 0. The maximum Gasteiger partial charge on any atom is 0.267 e. The van der Waals surface area contributed by atoms with Gasteiger partial charge in [-0.15, -0.1) is 0 Å².